The van der Waals surface area contributed by atoms with Gasteiger partial charge in [-0.2, -0.15) is 0 Å². The van der Waals surface area contributed by atoms with Gasteiger partial charge in [0.15, 0.2) is 0 Å². The first-order valence-electron chi connectivity index (χ1n) is 6.45. The van der Waals surface area contributed by atoms with E-state index in [-0.39, 0.29) is 5.91 Å². The van der Waals surface area contributed by atoms with E-state index in [1.165, 1.54) is 0 Å². The highest BCUT2D eigenvalue weighted by atomic mass is 16.1. The summed E-state index contributed by atoms with van der Waals surface area (Å²) in [4.78, 5) is 15.8. The van der Waals surface area contributed by atoms with Gasteiger partial charge in [0, 0.05) is 36.6 Å². The Morgan fingerprint density at radius 1 is 1.20 bits per heavy atom. The minimum atomic E-state index is -0.0685. The monoisotopic (exact) mass is 270 g/mol. The van der Waals surface area contributed by atoms with Gasteiger partial charge in [0.2, 0.25) is 0 Å². The van der Waals surface area contributed by atoms with E-state index in [2.05, 4.69) is 15.6 Å². The SMILES string of the molecule is Cc1ccc(C(=O)NCCNc2ccnc(N)c2)cc1. The lowest BCUT2D eigenvalue weighted by molar-refractivity contribution is 0.0955. The molecule has 4 N–H and O–H groups in total. The summed E-state index contributed by atoms with van der Waals surface area (Å²) in [6, 6.07) is 11.1. The van der Waals surface area contributed by atoms with Crippen LogP contribution in [0.2, 0.25) is 0 Å². The molecular weight excluding hydrogens is 252 g/mol. The van der Waals surface area contributed by atoms with E-state index in [4.69, 9.17) is 5.73 Å². The lowest BCUT2D eigenvalue weighted by Gasteiger charge is -2.08. The molecule has 0 saturated carbocycles. The first-order chi connectivity index (χ1) is 9.65. The van der Waals surface area contributed by atoms with Gasteiger partial charge >= 0.3 is 0 Å². The highest BCUT2D eigenvalue weighted by Gasteiger charge is 2.03. The summed E-state index contributed by atoms with van der Waals surface area (Å²) in [6.45, 7) is 3.15. The Hall–Kier alpha value is -2.56. The third-order valence-corrected chi connectivity index (χ3v) is 2.83. The van der Waals surface area contributed by atoms with Gasteiger partial charge in [0.05, 0.1) is 0 Å². The molecule has 0 spiro atoms. The molecule has 104 valence electrons. The van der Waals surface area contributed by atoms with Gasteiger partial charge in [0.25, 0.3) is 5.91 Å². The van der Waals surface area contributed by atoms with Crippen molar-refractivity contribution in [3.8, 4) is 0 Å². The Morgan fingerprint density at radius 2 is 1.95 bits per heavy atom. The number of anilines is 2. The number of nitrogens with one attached hydrogen (secondary N) is 2. The van der Waals surface area contributed by atoms with Gasteiger partial charge in [-0.05, 0) is 25.1 Å². The zero-order chi connectivity index (χ0) is 14.4. The van der Waals surface area contributed by atoms with Crippen molar-refractivity contribution in [1.29, 1.82) is 0 Å². The second kappa shape index (κ2) is 6.56. The number of hydrogen-bond donors (Lipinski definition) is 3. The summed E-state index contributed by atoms with van der Waals surface area (Å²) in [5.74, 6) is 0.403. The van der Waals surface area contributed by atoms with E-state index >= 15 is 0 Å². The first-order valence-corrected chi connectivity index (χ1v) is 6.45. The summed E-state index contributed by atoms with van der Waals surface area (Å²) < 4.78 is 0. The third-order valence-electron chi connectivity index (χ3n) is 2.83. The highest BCUT2D eigenvalue weighted by molar-refractivity contribution is 5.94. The fourth-order valence-corrected chi connectivity index (χ4v) is 1.75. The maximum absolute atomic E-state index is 11.9. The molecule has 5 nitrogen and oxygen atoms in total. The first kappa shape index (κ1) is 13.9. The van der Waals surface area contributed by atoms with Crippen molar-refractivity contribution in [3.63, 3.8) is 0 Å². The molecule has 20 heavy (non-hydrogen) atoms. The third kappa shape index (κ3) is 3.98. The van der Waals surface area contributed by atoms with Crippen LogP contribution in [-0.2, 0) is 0 Å². The molecule has 1 aromatic carbocycles. The predicted octanol–water partition coefficient (Wildman–Crippen LogP) is 1.81. The number of carbonyl (C=O) groups excluding carboxylic acids is 1. The van der Waals surface area contributed by atoms with Crippen molar-refractivity contribution >= 4 is 17.4 Å². The fourth-order valence-electron chi connectivity index (χ4n) is 1.75. The number of nitrogens with zero attached hydrogens (tertiary/aromatic N) is 1. The molecule has 0 unspecified atom stereocenters. The van der Waals surface area contributed by atoms with Crippen LogP contribution in [0, 0.1) is 6.92 Å². The smallest absolute Gasteiger partial charge is 0.251 e. The number of pyridine rings is 1. The lowest BCUT2D eigenvalue weighted by Crippen LogP contribution is -2.28. The Balaban J connectivity index is 1.76. The molecule has 0 bridgehead atoms. The highest BCUT2D eigenvalue weighted by Crippen LogP contribution is 2.07. The maximum atomic E-state index is 11.9. The summed E-state index contributed by atoms with van der Waals surface area (Å²) >= 11 is 0. The van der Waals surface area contributed by atoms with Crippen LogP contribution in [0.25, 0.3) is 0 Å². The molecule has 1 amide bonds. The van der Waals surface area contributed by atoms with Crippen molar-refractivity contribution in [2.45, 2.75) is 6.92 Å². The second-order valence-electron chi connectivity index (χ2n) is 4.52. The molecule has 0 aliphatic carbocycles. The summed E-state index contributed by atoms with van der Waals surface area (Å²) in [5, 5.41) is 6.02. The molecule has 0 radical (unpaired) electrons. The van der Waals surface area contributed by atoms with Crippen LogP contribution in [-0.4, -0.2) is 24.0 Å². The molecule has 0 fully saturated rings. The number of carbonyl (C=O) groups is 1. The van der Waals surface area contributed by atoms with E-state index < -0.39 is 0 Å². The molecule has 5 heteroatoms. The average molecular weight is 270 g/mol. The standard InChI is InChI=1S/C15H18N4O/c1-11-2-4-12(5-3-11)15(20)19-9-8-17-13-6-7-18-14(16)10-13/h2-7,10H,8-9H2,1H3,(H,19,20)(H3,16,17,18). The molecular formula is C15H18N4O. The molecule has 0 saturated heterocycles. The fraction of sp³-hybridized carbons (Fsp3) is 0.200. The number of aromatic nitrogens is 1. The van der Waals surface area contributed by atoms with E-state index in [9.17, 15) is 4.79 Å². The molecule has 1 aromatic heterocycles. The van der Waals surface area contributed by atoms with E-state index in [0.29, 0.717) is 24.5 Å². The Kier molecular flexibility index (Phi) is 4.55. The Morgan fingerprint density at radius 3 is 2.65 bits per heavy atom. The van der Waals surface area contributed by atoms with Crippen molar-refractivity contribution in [2.24, 2.45) is 0 Å². The number of aryl methyl sites for hydroxylation is 1. The van der Waals surface area contributed by atoms with Crippen LogP contribution in [0.5, 0.6) is 0 Å². The molecule has 2 aromatic rings. The van der Waals surface area contributed by atoms with Gasteiger partial charge in [-0.1, -0.05) is 17.7 Å². The van der Waals surface area contributed by atoms with E-state index in [0.717, 1.165) is 11.3 Å². The van der Waals surface area contributed by atoms with Crippen LogP contribution < -0.4 is 16.4 Å². The molecule has 0 aliphatic heterocycles. The zero-order valence-electron chi connectivity index (χ0n) is 11.4. The minimum Gasteiger partial charge on any atom is -0.384 e. The number of nitrogens with two attached hydrogens (primary N) is 1. The van der Waals surface area contributed by atoms with E-state index in [1.54, 1.807) is 12.3 Å². The summed E-state index contributed by atoms with van der Waals surface area (Å²) in [6.07, 6.45) is 1.64. The predicted molar refractivity (Wildman–Crippen MR) is 80.7 cm³/mol. The lowest BCUT2D eigenvalue weighted by atomic mass is 10.1. The number of benzene rings is 1. The number of nitrogen functional groups attached to an aromatic ring is 1. The van der Waals surface area contributed by atoms with Gasteiger partial charge in [-0.3, -0.25) is 4.79 Å². The summed E-state index contributed by atoms with van der Waals surface area (Å²) in [7, 11) is 0. The van der Waals surface area contributed by atoms with Crippen molar-refractivity contribution < 1.29 is 4.79 Å². The molecule has 1 heterocycles. The molecule has 0 atom stereocenters. The van der Waals surface area contributed by atoms with Crippen molar-refractivity contribution in [1.82, 2.24) is 10.3 Å². The molecule has 0 aliphatic rings. The van der Waals surface area contributed by atoms with E-state index in [1.807, 2.05) is 37.3 Å². The van der Waals surface area contributed by atoms with Crippen LogP contribution >= 0.6 is 0 Å². The van der Waals surface area contributed by atoms with Crippen molar-refractivity contribution in [3.05, 3.63) is 53.7 Å². The van der Waals surface area contributed by atoms with Crippen molar-refractivity contribution in [2.75, 3.05) is 24.1 Å². The largest absolute Gasteiger partial charge is 0.384 e. The minimum absolute atomic E-state index is 0.0685. The molecule has 2 rings (SSSR count). The van der Waals surface area contributed by atoms with Crippen LogP contribution in [0.3, 0.4) is 0 Å². The Bertz CT molecular complexity index is 581. The second-order valence-corrected chi connectivity index (χ2v) is 4.52. The topological polar surface area (TPSA) is 80.0 Å². The van der Waals surface area contributed by atoms with Gasteiger partial charge < -0.3 is 16.4 Å². The maximum Gasteiger partial charge on any atom is 0.251 e. The van der Waals surface area contributed by atoms with Crippen LogP contribution in [0.4, 0.5) is 11.5 Å². The number of hydrogen-bond acceptors (Lipinski definition) is 4. The average Bonchev–Trinajstić information content (AvgIpc) is 2.44. The van der Waals surface area contributed by atoms with Crippen LogP contribution in [0.1, 0.15) is 15.9 Å². The van der Waals surface area contributed by atoms with Gasteiger partial charge in [-0.25, -0.2) is 4.98 Å². The normalized spacial score (nSPS) is 10.1. The summed E-state index contributed by atoms with van der Waals surface area (Å²) in [5.41, 5.74) is 8.28. The van der Waals surface area contributed by atoms with Crippen LogP contribution in [0.15, 0.2) is 42.6 Å². The van der Waals surface area contributed by atoms with Gasteiger partial charge in [0.1, 0.15) is 5.82 Å². The number of amides is 1. The zero-order valence-corrected chi connectivity index (χ0v) is 11.4. The quantitative estimate of drug-likeness (QED) is 0.724. The number of rotatable bonds is 5. The van der Waals surface area contributed by atoms with Gasteiger partial charge in [-0.15, -0.1) is 0 Å². The Labute approximate surface area is 118 Å².